The molecule has 3 aromatic heterocycles. The van der Waals surface area contributed by atoms with E-state index in [-0.39, 0.29) is 0 Å². The van der Waals surface area contributed by atoms with Gasteiger partial charge in [0.05, 0.1) is 16.7 Å². The Kier molecular flexibility index (Phi) is 3.96. The van der Waals surface area contributed by atoms with E-state index in [1.165, 1.54) is 53.1 Å². The van der Waals surface area contributed by atoms with Crippen LogP contribution in [-0.4, -0.2) is 9.55 Å². The molecule has 0 spiro atoms. The fraction of sp³-hybridized carbons (Fsp3) is 0.0333. The quantitative estimate of drug-likeness (QED) is 0.263. The van der Waals surface area contributed by atoms with E-state index in [4.69, 9.17) is 4.98 Å². The van der Waals surface area contributed by atoms with Gasteiger partial charge in [-0.25, -0.2) is 0 Å². The van der Waals surface area contributed by atoms with Gasteiger partial charge in [-0.15, -0.1) is 11.3 Å². The van der Waals surface area contributed by atoms with Crippen molar-refractivity contribution in [2.75, 3.05) is 0 Å². The fourth-order valence-corrected chi connectivity index (χ4v) is 6.36. The SMILES string of the molecule is Cc1ccc(-c2cc3c(cn2)c2ccccc2n3-c2ccccc2)c2sc3ccccc3c12. The average Bonchev–Trinajstić information content (AvgIpc) is 3.41. The predicted molar refractivity (Wildman–Crippen MR) is 142 cm³/mol. The van der Waals surface area contributed by atoms with E-state index in [1.54, 1.807) is 0 Å². The molecule has 3 heterocycles. The van der Waals surface area contributed by atoms with Crippen LogP contribution in [0.1, 0.15) is 5.56 Å². The van der Waals surface area contributed by atoms with Gasteiger partial charge in [0.25, 0.3) is 0 Å². The van der Waals surface area contributed by atoms with Crippen molar-refractivity contribution >= 4 is 53.3 Å². The van der Waals surface area contributed by atoms with Gasteiger partial charge in [0.1, 0.15) is 0 Å². The highest BCUT2D eigenvalue weighted by Gasteiger charge is 2.17. The zero-order chi connectivity index (χ0) is 21.9. The highest BCUT2D eigenvalue weighted by molar-refractivity contribution is 7.26. The van der Waals surface area contributed by atoms with E-state index in [0.717, 1.165) is 11.4 Å². The summed E-state index contributed by atoms with van der Waals surface area (Å²) in [6.45, 7) is 2.20. The maximum atomic E-state index is 4.98. The van der Waals surface area contributed by atoms with E-state index in [0.29, 0.717) is 0 Å². The average molecular weight is 441 g/mol. The highest BCUT2D eigenvalue weighted by atomic mass is 32.1. The first-order valence-electron chi connectivity index (χ1n) is 11.2. The van der Waals surface area contributed by atoms with Gasteiger partial charge in [0.2, 0.25) is 0 Å². The first-order valence-corrected chi connectivity index (χ1v) is 12.0. The van der Waals surface area contributed by atoms with Gasteiger partial charge in [-0.3, -0.25) is 4.98 Å². The third kappa shape index (κ3) is 2.69. The second-order valence-corrected chi connectivity index (χ2v) is 9.56. The lowest BCUT2D eigenvalue weighted by Crippen LogP contribution is -1.94. The Morgan fingerprint density at radius 2 is 1.45 bits per heavy atom. The molecule has 156 valence electrons. The van der Waals surface area contributed by atoms with Gasteiger partial charge >= 0.3 is 0 Å². The minimum atomic E-state index is 1.01. The number of aromatic nitrogens is 2. The Balaban J connectivity index is 1.57. The van der Waals surface area contributed by atoms with Crippen molar-refractivity contribution in [3.05, 3.63) is 109 Å². The fourth-order valence-electron chi connectivity index (χ4n) is 5.06. The lowest BCUT2D eigenvalue weighted by atomic mass is 10.0. The monoisotopic (exact) mass is 440 g/mol. The number of thiophene rings is 1. The molecule has 0 radical (unpaired) electrons. The molecule has 0 aliphatic rings. The number of fused-ring (bicyclic) bond motifs is 6. The Morgan fingerprint density at radius 3 is 2.33 bits per heavy atom. The van der Waals surface area contributed by atoms with Crippen LogP contribution in [0.2, 0.25) is 0 Å². The Morgan fingerprint density at radius 1 is 0.697 bits per heavy atom. The van der Waals surface area contributed by atoms with E-state index in [1.807, 2.05) is 17.5 Å². The largest absolute Gasteiger partial charge is 0.309 e. The number of benzene rings is 4. The van der Waals surface area contributed by atoms with Crippen molar-refractivity contribution in [1.82, 2.24) is 9.55 Å². The molecular weight excluding hydrogens is 420 g/mol. The Labute approximate surface area is 195 Å². The lowest BCUT2D eigenvalue weighted by molar-refractivity contribution is 1.18. The Hall–Kier alpha value is -3.95. The minimum Gasteiger partial charge on any atom is -0.309 e. The highest BCUT2D eigenvalue weighted by Crippen LogP contribution is 2.42. The van der Waals surface area contributed by atoms with Gasteiger partial charge in [-0.2, -0.15) is 0 Å². The zero-order valence-corrected chi connectivity index (χ0v) is 18.9. The van der Waals surface area contributed by atoms with Crippen LogP contribution in [0.25, 0.3) is 58.9 Å². The van der Waals surface area contributed by atoms with Crippen LogP contribution < -0.4 is 0 Å². The minimum absolute atomic E-state index is 1.01. The molecular formula is C30H20N2S. The van der Waals surface area contributed by atoms with Crippen LogP contribution in [0.3, 0.4) is 0 Å². The van der Waals surface area contributed by atoms with E-state index >= 15 is 0 Å². The standard InChI is InChI=1S/C30H20N2S/c1-19-15-16-22(30-29(19)23-12-6-8-14-28(23)33-30)25-17-27-24(18-31-25)21-11-5-7-13-26(21)32(27)20-9-3-2-4-10-20/h2-18H,1H3. The Bertz CT molecular complexity index is 1820. The summed E-state index contributed by atoms with van der Waals surface area (Å²) in [6, 6.07) is 34.6. The van der Waals surface area contributed by atoms with Crippen molar-refractivity contribution in [3.8, 4) is 16.9 Å². The molecule has 4 aromatic carbocycles. The molecule has 7 aromatic rings. The third-order valence-corrected chi connectivity index (χ3v) is 7.79. The molecule has 0 saturated carbocycles. The number of aryl methyl sites for hydroxylation is 1. The maximum absolute atomic E-state index is 4.98. The number of hydrogen-bond donors (Lipinski definition) is 0. The van der Waals surface area contributed by atoms with Crippen molar-refractivity contribution in [2.45, 2.75) is 6.92 Å². The van der Waals surface area contributed by atoms with Crippen LogP contribution in [0.15, 0.2) is 103 Å². The first-order chi connectivity index (χ1) is 16.3. The summed E-state index contributed by atoms with van der Waals surface area (Å²) in [4.78, 5) is 4.98. The van der Waals surface area contributed by atoms with Gasteiger partial charge < -0.3 is 4.57 Å². The summed E-state index contributed by atoms with van der Waals surface area (Å²) in [6.07, 6.45) is 2.05. The first kappa shape index (κ1) is 18.6. The van der Waals surface area contributed by atoms with Crippen LogP contribution in [-0.2, 0) is 0 Å². The zero-order valence-electron chi connectivity index (χ0n) is 18.1. The molecule has 0 aliphatic heterocycles. The van der Waals surface area contributed by atoms with Crippen molar-refractivity contribution in [1.29, 1.82) is 0 Å². The van der Waals surface area contributed by atoms with Gasteiger partial charge in [-0.1, -0.05) is 66.7 Å². The maximum Gasteiger partial charge on any atom is 0.0737 e. The second kappa shape index (κ2) is 7.03. The van der Waals surface area contributed by atoms with Crippen LogP contribution in [0.5, 0.6) is 0 Å². The molecule has 0 N–H and O–H groups in total. The predicted octanol–water partition coefficient (Wildman–Crippen LogP) is 8.52. The molecule has 0 amide bonds. The summed E-state index contributed by atoms with van der Waals surface area (Å²) < 4.78 is 4.99. The number of nitrogens with zero attached hydrogens (tertiary/aromatic N) is 2. The molecule has 0 aliphatic carbocycles. The number of para-hydroxylation sites is 2. The van der Waals surface area contributed by atoms with Crippen molar-refractivity contribution < 1.29 is 0 Å². The molecule has 0 bridgehead atoms. The molecule has 0 unspecified atom stereocenters. The van der Waals surface area contributed by atoms with Crippen molar-refractivity contribution in [2.24, 2.45) is 0 Å². The number of hydrogen-bond acceptors (Lipinski definition) is 2. The second-order valence-electron chi connectivity index (χ2n) is 8.51. The molecule has 7 rings (SSSR count). The van der Waals surface area contributed by atoms with Crippen LogP contribution in [0, 0.1) is 6.92 Å². The summed E-state index contributed by atoms with van der Waals surface area (Å²) >= 11 is 1.86. The lowest BCUT2D eigenvalue weighted by Gasteiger charge is -2.09. The van der Waals surface area contributed by atoms with Crippen molar-refractivity contribution in [3.63, 3.8) is 0 Å². The summed E-state index contributed by atoms with van der Waals surface area (Å²) in [5.41, 5.74) is 7.07. The molecule has 33 heavy (non-hydrogen) atoms. The molecule has 0 saturated heterocycles. The smallest absolute Gasteiger partial charge is 0.0737 e. The van der Waals surface area contributed by atoms with E-state index in [2.05, 4.69) is 109 Å². The van der Waals surface area contributed by atoms with Crippen LogP contribution >= 0.6 is 11.3 Å². The van der Waals surface area contributed by atoms with E-state index < -0.39 is 0 Å². The topological polar surface area (TPSA) is 17.8 Å². The molecule has 2 nitrogen and oxygen atoms in total. The third-order valence-electron chi connectivity index (χ3n) is 6.58. The van der Waals surface area contributed by atoms with Gasteiger partial charge in [0.15, 0.2) is 0 Å². The normalized spacial score (nSPS) is 11.8. The van der Waals surface area contributed by atoms with Crippen LogP contribution in [0.4, 0.5) is 0 Å². The number of rotatable bonds is 2. The van der Waals surface area contributed by atoms with E-state index in [9.17, 15) is 0 Å². The molecule has 0 atom stereocenters. The summed E-state index contributed by atoms with van der Waals surface area (Å²) in [7, 11) is 0. The molecule has 3 heteroatoms. The van der Waals surface area contributed by atoms with Gasteiger partial charge in [0, 0.05) is 48.4 Å². The number of pyridine rings is 1. The summed E-state index contributed by atoms with van der Waals surface area (Å²) in [5.74, 6) is 0. The molecule has 0 fully saturated rings. The summed E-state index contributed by atoms with van der Waals surface area (Å²) in [5, 5.41) is 5.08. The van der Waals surface area contributed by atoms with Gasteiger partial charge in [-0.05, 0) is 42.8 Å².